The number of thiazole rings is 1. The molecule has 0 spiro atoms. The van der Waals surface area contributed by atoms with Crippen molar-refractivity contribution in [2.24, 2.45) is 0 Å². The molecule has 15 heavy (non-hydrogen) atoms. The molecule has 5 heteroatoms. The van der Waals surface area contributed by atoms with Gasteiger partial charge in [-0.15, -0.1) is 23.1 Å². The molecule has 0 N–H and O–H groups in total. The van der Waals surface area contributed by atoms with E-state index < -0.39 is 0 Å². The van der Waals surface area contributed by atoms with E-state index in [1.54, 1.807) is 11.3 Å². The van der Waals surface area contributed by atoms with Crippen molar-refractivity contribution < 1.29 is 9.53 Å². The topological polar surface area (TPSA) is 39.2 Å². The molecular formula is C10H15NO2S2. The molecule has 3 nitrogen and oxygen atoms in total. The van der Waals surface area contributed by atoms with Gasteiger partial charge in [-0.3, -0.25) is 4.79 Å². The highest BCUT2D eigenvalue weighted by atomic mass is 32.2. The molecule has 0 radical (unpaired) electrons. The van der Waals surface area contributed by atoms with Crippen molar-refractivity contribution in [1.82, 2.24) is 4.98 Å². The molecule has 0 atom stereocenters. The van der Waals surface area contributed by atoms with Gasteiger partial charge in [-0.05, 0) is 20.8 Å². The van der Waals surface area contributed by atoms with Crippen molar-refractivity contribution in [3.8, 4) is 0 Å². The molecule has 84 valence electrons. The molecule has 0 fully saturated rings. The Hall–Kier alpha value is -0.550. The van der Waals surface area contributed by atoms with Crippen molar-refractivity contribution in [3.05, 3.63) is 16.1 Å². The lowest BCUT2D eigenvalue weighted by Crippen LogP contribution is -2.13. The number of hydrogen-bond acceptors (Lipinski definition) is 5. The van der Waals surface area contributed by atoms with Crippen LogP contribution in [0.5, 0.6) is 0 Å². The Balaban J connectivity index is 2.19. The predicted molar refractivity (Wildman–Crippen MR) is 64.2 cm³/mol. The molecule has 0 saturated heterocycles. The van der Waals surface area contributed by atoms with E-state index in [1.165, 1.54) is 11.8 Å². The van der Waals surface area contributed by atoms with E-state index in [2.05, 4.69) is 4.98 Å². The van der Waals surface area contributed by atoms with Gasteiger partial charge < -0.3 is 4.74 Å². The summed E-state index contributed by atoms with van der Waals surface area (Å²) in [5, 5.41) is 3.09. The Morgan fingerprint density at radius 1 is 1.67 bits per heavy atom. The van der Waals surface area contributed by atoms with Crippen molar-refractivity contribution in [3.63, 3.8) is 0 Å². The highest BCUT2D eigenvalue weighted by molar-refractivity contribution is 7.99. The molecule has 0 aliphatic rings. The summed E-state index contributed by atoms with van der Waals surface area (Å²) >= 11 is 3.17. The zero-order valence-electron chi connectivity index (χ0n) is 9.15. The number of carbonyl (C=O) groups is 1. The maximum Gasteiger partial charge on any atom is 0.316 e. The second kappa shape index (κ2) is 6.12. The van der Waals surface area contributed by atoms with Crippen LogP contribution in [-0.2, 0) is 15.3 Å². The number of ether oxygens (including phenoxy) is 1. The van der Waals surface area contributed by atoms with Gasteiger partial charge in [0.2, 0.25) is 0 Å². The average molecular weight is 245 g/mol. The summed E-state index contributed by atoms with van der Waals surface area (Å²) in [6.45, 7) is 5.69. The van der Waals surface area contributed by atoms with Gasteiger partial charge in [-0.1, -0.05) is 0 Å². The van der Waals surface area contributed by atoms with E-state index in [4.69, 9.17) is 4.74 Å². The van der Waals surface area contributed by atoms with Gasteiger partial charge in [0, 0.05) is 11.1 Å². The van der Waals surface area contributed by atoms with E-state index in [0.717, 1.165) is 16.5 Å². The third-order valence-corrected chi connectivity index (χ3v) is 3.27. The molecular weight excluding hydrogens is 230 g/mol. The molecule has 1 rings (SSSR count). The summed E-state index contributed by atoms with van der Waals surface area (Å²) in [5.74, 6) is 1.02. The van der Waals surface area contributed by atoms with Gasteiger partial charge in [0.05, 0.1) is 22.6 Å². The molecule has 0 aromatic carbocycles. The Kier molecular flexibility index (Phi) is 5.11. The van der Waals surface area contributed by atoms with Crippen LogP contribution in [0, 0.1) is 6.92 Å². The lowest BCUT2D eigenvalue weighted by molar-refractivity contribution is -0.144. The number of esters is 1. The number of thioether (sulfide) groups is 1. The lowest BCUT2D eigenvalue weighted by Gasteiger charge is -2.06. The molecule has 1 heterocycles. The summed E-state index contributed by atoms with van der Waals surface area (Å²) < 4.78 is 5.02. The number of hydrogen-bond donors (Lipinski definition) is 0. The summed E-state index contributed by atoms with van der Waals surface area (Å²) in [5.41, 5.74) is 1.04. The van der Waals surface area contributed by atoms with Crippen LogP contribution in [-0.4, -0.2) is 22.8 Å². The van der Waals surface area contributed by atoms with Gasteiger partial charge in [0.1, 0.15) is 0 Å². The molecule has 0 saturated carbocycles. The highest BCUT2D eigenvalue weighted by Crippen LogP contribution is 2.15. The van der Waals surface area contributed by atoms with E-state index >= 15 is 0 Å². The minimum atomic E-state index is -0.151. The predicted octanol–water partition coefficient (Wildman–Crippen LogP) is 2.64. The largest absolute Gasteiger partial charge is 0.462 e. The number of aromatic nitrogens is 1. The van der Waals surface area contributed by atoms with Gasteiger partial charge in [0.15, 0.2) is 0 Å². The van der Waals surface area contributed by atoms with Gasteiger partial charge in [-0.25, -0.2) is 4.98 Å². The molecule has 0 bridgehead atoms. The number of carbonyl (C=O) groups excluding carboxylic acids is 1. The first-order chi connectivity index (χ1) is 7.08. The number of aryl methyl sites for hydroxylation is 1. The van der Waals surface area contributed by atoms with Crippen LogP contribution >= 0.6 is 23.1 Å². The average Bonchev–Trinajstić information content (AvgIpc) is 2.50. The molecule has 0 aliphatic carbocycles. The smallest absolute Gasteiger partial charge is 0.316 e. The van der Waals surface area contributed by atoms with E-state index in [-0.39, 0.29) is 12.1 Å². The van der Waals surface area contributed by atoms with Crippen LogP contribution < -0.4 is 0 Å². The van der Waals surface area contributed by atoms with E-state index in [9.17, 15) is 4.79 Å². The van der Waals surface area contributed by atoms with Crippen LogP contribution in [0.15, 0.2) is 5.38 Å². The van der Waals surface area contributed by atoms with Gasteiger partial charge in [0.25, 0.3) is 0 Å². The summed E-state index contributed by atoms with van der Waals surface area (Å²) in [4.78, 5) is 15.5. The molecule has 1 aromatic heterocycles. The maximum absolute atomic E-state index is 11.2. The Morgan fingerprint density at radius 3 is 2.93 bits per heavy atom. The second-order valence-corrected chi connectivity index (χ2v) is 5.44. The van der Waals surface area contributed by atoms with E-state index in [1.807, 2.05) is 26.2 Å². The van der Waals surface area contributed by atoms with E-state index in [0.29, 0.717) is 5.75 Å². The van der Waals surface area contributed by atoms with Crippen LogP contribution in [0.4, 0.5) is 0 Å². The van der Waals surface area contributed by atoms with Crippen molar-refractivity contribution >= 4 is 29.1 Å². The fourth-order valence-electron chi connectivity index (χ4n) is 1.01. The lowest BCUT2D eigenvalue weighted by atomic mass is 10.5. The maximum atomic E-state index is 11.2. The Bertz CT molecular complexity index is 323. The zero-order chi connectivity index (χ0) is 11.3. The van der Waals surface area contributed by atoms with Crippen LogP contribution in [0.3, 0.4) is 0 Å². The summed E-state index contributed by atoms with van der Waals surface area (Å²) in [6.07, 6.45) is -0.0281. The first kappa shape index (κ1) is 12.5. The highest BCUT2D eigenvalue weighted by Gasteiger charge is 2.06. The third kappa shape index (κ3) is 5.18. The fraction of sp³-hybridized carbons (Fsp3) is 0.600. The first-order valence-corrected chi connectivity index (χ1v) is 6.79. The third-order valence-electron chi connectivity index (χ3n) is 1.50. The monoisotopic (exact) mass is 245 g/mol. The molecule has 0 aliphatic heterocycles. The minimum Gasteiger partial charge on any atom is -0.462 e. The molecule has 0 amide bonds. The van der Waals surface area contributed by atoms with Gasteiger partial charge >= 0.3 is 5.97 Å². The van der Waals surface area contributed by atoms with Gasteiger partial charge in [-0.2, -0.15) is 0 Å². The minimum absolute atomic E-state index is 0.0281. The fourth-order valence-corrected chi connectivity index (χ4v) is 2.42. The van der Waals surface area contributed by atoms with Crippen LogP contribution in [0.2, 0.25) is 0 Å². The SMILES string of the molecule is Cc1nc(CSCC(=O)OC(C)C)cs1. The van der Waals surface area contributed by atoms with Crippen molar-refractivity contribution in [2.45, 2.75) is 32.6 Å². The number of rotatable bonds is 5. The van der Waals surface area contributed by atoms with Crippen LogP contribution in [0.1, 0.15) is 24.5 Å². The molecule has 1 aromatic rings. The van der Waals surface area contributed by atoms with Crippen molar-refractivity contribution in [2.75, 3.05) is 5.75 Å². The summed E-state index contributed by atoms with van der Waals surface area (Å²) in [6, 6.07) is 0. The summed E-state index contributed by atoms with van der Waals surface area (Å²) in [7, 11) is 0. The second-order valence-electron chi connectivity index (χ2n) is 3.39. The quantitative estimate of drug-likeness (QED) is 0.748. The Labute approximate surface area is 98.2 Å². The standard InChI is InChI=1S/C10H15NO2S2/c1-7(2)13-10(12)6-14-4-9-5-15-8(3)11-9/h5,7H,4,6H2,1-3H3. The first-order valence-electron chi connectivity index (χ1n) is 4.76. The normalized spacial score (nSPS) is 10.7. The zero-order valence-corrected chi connectivity index (χ0v) is 10.8. The molecule has 0 unspecified atom stereocenters. The van der Waals surface area contributed by atoms with Crippen molar-refractivity contribution in [1.29, 1.82) is 0 Å². The number of nitrogens with zero attached hydrogens (tertiary/aromatic N) is 1. The Morgan fingerprint density at radius 2 is 2.40 bits per heavy atom. The van der Waals surface area contributed by atoms with Crippen LogP contribution in [0.25, 0.3) is 0 Å².